The number of rotatable bonds is 5. The molecular weight excluding hydrogens is 358 g/mol. The van der Waals surface area contributed by atoms with E-state index in [0.29, 0.717) is 12.0 Å². The second kappa shape index (κ2) is 8.17. The number of carbonyl (C=O) groups excluding carboxylic acids is 2. The van der Waals surface area contributed by atoms with Crippen LogP contribution in [0.2, 0.25) is 0 Å². The molecule has 144 valence electrons. The second-order valence-electron chi connectivity index (χ2n) is 6.83. The lowest BCUT2D eigenvalue weighted by Crippen LogP contribution is -2.34. The molecular formula is C22H21NO5. The highest BCUT2D eigenvalue weighted by atomic mass is 16.6. The van der Waals surface area contributed by atoms with E-state index in [1.165, 1.54) is 18.2 Å². The SMILES string of the molecule is CCOC(=O)[C@H]1C(=O)C=C(c2ccc(C)cc2)C[C@@H]1c1cccc([N+](=O)[O-])c1. The van der Waals surface area contributed by atoms with Crippen LogP contribution in [0.25, 0.3) is 5.57 Å². The van der Waals surface area contributed by atoms with Crippen LogP contribution in [0.15, 0.2) is 54.6 Å². The van der Waals surface area contributed by atoms with Crippen LogP contribution < -0.4 is 0 Å². The summed E-state index contributed by atoms with van der Waals surface area (Å²) in [5.41, 5.74) is 3.32. The van der Waals surface area contributed by atoms with Crippen LogP contribution in [-0.4, -0.2) is 23.3 Å². The average molecular weight is 379 g/mol. The lowest BCUT2D eigenvalue weighted by Gasteiger charge is -2.29. The third-order valence-corrected chi connectivity index (χ3v) is 4.94. The summed E-state index contributed by atoms with van der Waals surface area (Å²) in [4.78, 5) is 36.0. The Kier molecular flexibility index (Phi) is 5.68. The van der Waals surface area contributed by atoms with Gasteiger partial charge in [-0.2, -0.15) is 0 Å². The van der Waals surface area contributed by atoms with E-state index in [-0.39, 0.29) is 18.1 Å². The molecule has 6 heteroatoms. The summed E-state index contributed by atoms with van der Waals surface area (Å²) in [6.45, 7) is 3.83. The number of ether oxygens (including phenoxy) is 1. The number of hydrogen-bond donors (Lipinski definition) is 0. The van der Waals surface area contributed by atoms with Gasteiger partial charge < -0.3 is 4.74 Å². The number of benzene rings is 2. The fraction of sp³-hybridized carbons (Fsp3) is 0.273. The molecule has 0 spiro atoms. The highest BCUT2D eigenvalue weighted by Crippen LogP contribution is 2.41. The predicted molar refractivity (Wildman–Crippen MR) is 105 cm³/mol. The van der Waals surface area contributed by atoms with Gasteiger partial charge in [0.25, 0.3) is 5.69 Å². The van der Waals surface area contributed by atoms with Crippen molar-refractivity contribution in [3.8, 4) is 0 Å². The number of allylic oxidation sites excluding steroid dienone is 2. The molecule has 6 nitrogen and oxygen atoms in total. The molecule has 2 aromatic carbocycles. The number of nitrogens with zero attached hydrogens (tertiary/aromatic N) is 1. The Hall–Kier alpha value is -3.28. The summed E-state index contributed by atoms with van der Waals surface area (Å²) >= 11 is 0. The number of esters is 1. The van der Waals surface area contributed by atoms with Gasteiger partial charge in [-0.05, 0) is 43.0 Å². The van der Waals surface area contributed by atoms with E-state index in [9.17, 15) is 19.7 Å². The molecule has 3 rings (SSSR count). The normalized spacial score (nSPS) is 19.1. The van der Waals surface area contributed by atoms with Gasteiger partial charge in [0.1, 0.15) is 5.92 Å². The van der Waals surface area contributed by atoms with E-state index >= 15 is 0 Å². The minimum Gasteiger partial charge on any atom is -0.465 e. The molecule has 0 bridgehead atoms. The molecule has 0 aliphatic heterocycles. The molecule has 2 atom stereocenters. The number of ketones is 1. The van der Waals surface area contributed by atoms with Gasteiger partial charge in [0, 0.05) is 18.1 Å². The zero-order valence-electron chi connectivity index (χ0n) is 15.8. The Morgan fingerprint density at radius 3 is 2.57 bits per heavy atom. The predicted octanol–water partition coefficient (Wildman–Crippen LogP) is 4.22. The van der Waals surface area contributed by atoms with Crippen LogP contribution in [0, 0.1) is 23.0 Å². The molecule has 0 fully saturated rings. The van der Waals surface area contributed by atoms with Gasteiger partial charge in [-0.25, -0.2) is 0 Å². The number of aryl methyl sites for hydroxylation is 1. The summed E-state index contributed by atoms with van der Waals surface area (Å²) in [5.74, 6) is -2.45. The van der Waals surface area contributed by atoms with Gasteiger partial charge in [0.15, 0.2) is 5.78 Å². The van der Waals surface area contributed by atoms with E-state index < -0.39 is 22.7 Å². The van der Waals surface area contributed by atoms with Crippen molar-refractivity contribution in [3.05, 3.63) is 81.4 Å². The molecule has 0 saturated carbocycles. The Balaban J connectivity index is 2.05. The van der Waals surface area contributed by atoms with Crippen LogP contribution in [0.3, 0.4) is 0 Å². The van der Waals surface area contributed by atoms with Gasteiger partial charge in [0.2, 0.25) is 0 Å². The van der Waals surface area contributed by atoms with Crippen molar-refractivity contribution in [2.45, 2.75) is 26.2 Å². The quantitative estimate of drug-likeness (QED) is 0.336. The van der Waals surface area contributed by atoms with Crippen molar-refractivity contribution >= 4 is 23.0 Å². The second-order valence-corrected chi connectivity index (χ2v) is 6.83. The first-order valence-electron chi connectivity index (χ1n) is 9.13. The van der Waals surface area contributed by atoms with Crippen LogP contribution in [0.5, 0.6) is 0 Å². The van der Waals surface area contributed by atoms with Crippen molar-refractivity contribution in [1.29, 1.82) is 0 Å². The molecule has 0 aromatic heterocycles. The first kappa shape index (κ1) is 19.5. The number of nitro benzene ring substituents is 1. The summed E-state index contributed by atoms with van der Waals surface area (Å²) in [6, 6.07) is 13.9. The van der Waals surface area contributed by atoms with Crippen molar-refractivity contribution in [1.82, 2.24) is 0 Å². The fourth-order valence-electron chi connectivity index (χ4n) is 3.53. The van der Waals surface area contributed by atoms with Gasteiger partial charge >= 0.3 is 5.97 Å². The highest BCUT2D eigenvalue weighted by molar-refractivity contribution is 6.10. The van der Waals surface area contributed by atoms with E-state index in [1.54, 1.807) is 19.1 Å². The maximum absolute atomic E-state index is 12.9. The molecule has 0 heterocycles. The Morgan fingerprint density at radius 1 is 1.21 bits per heavy atom. The number of non-ortho nitro benzene ring substituents is 1. The summed E-state index contributed by atoms with van der Waals surface area (Å²) in [7, 11) is 0. The Labute approximate surface area is 163 Å². The van der Waals surface area contributed by atoms with Gasteiger partial charge in [0.05, 0.1) is 11.5 Å². The molecule has 0 N–H and O–H groups in total. The minimum atomic E-state index is -1.00. The maximum Gasteiger partial charge on any atom is 0.317 e. The third-order valence-electron chi connectivity index (χ3n) is 4.94. The number of nitro groups is 1. The molecule has 0 radical (unpaired) electrons. The molecule has 2 aromatic rings. The van der Waals surface area contributed by atoms with Crippen LogP contribution in [-0.2, 0) is 14.3 Å². The van der Waals surface area contributed by atoms with Crippen LogP contribution in [0.1, 0.15) is 36.0 Å². The van der Waals surface area contributed by atoms with E-state index in [4.69, 9.17) is 4.74 Å². The maximum atomic E-state index is 12.9. The fourth-order valence-corrected chi connectivity index (χ4v) is 3.53. The lowest BCUT2D eigenvalue weighted by atomic mass is 9.73. The lowest BCUT2D eigenvalue weighted by molar-refractivity contribution is -0.384. The minimum absolute atomic E-state index is 0.0704. The van der Waals surface area contributed by atoms with E-state index in [2.05, 4.69) is 0 Å². The monoisotopic (exact) mass is 379 g/mol. The average Bonchev–Trinajstić information content (AvgIpc) is 2.68. The summed E-state index contributed by atoms with van der Waals surface area (Å²) < 4.78 is 5.11. The van der Waals surface area contributed by atoms with E-state index in [0.717, 1.165) is 16.7 Å². The molecule has 28 heavy (non-hydrogen) atoms. The number of carbonyl (C=O) groups is 2. The van der Waals surface area contributed by atoms with Crippen molar-refractivity contribution in [2.75, 3.05) is 6.61 Å². The molecule has 1 aliphatic rings. The van der Waals surface area contributed by atoms with Crippen LogP contribution >= 0.6 is 0 Å². The Bertz CT molecular complexity index is 946. The van der Waals surface area contributed by atoms with Gasteiger partial charge in [-0.15, -0.1) is 0 Å². The largest absolute Gasteiger partial charge is 0.465 e. The standard InChI is InChI=1S/C22H21NO5/c1-3-28-22(25)21-19(16-5-4-6-18(11-16)23(26)27)12-17(13-20(21)24)15-9-7-14(2)8-10-15/h4-11,13,19,21H,3,12H2,1-2H3/t19-,21-/m1/s1. The van der Waals surface area contributed by atoms with Gasteiger partial charge in [-0.3, -0.25) is 19.7 Å². The zero-order chi connectivity index (χ0) is 20.3. The topological polar surface area (TPSA) is 86.5 Å². The first-order chi connectivity index (χ1) is 13.4. The molecule has 0 amide bonds. The van der Waals surface area contributed by atoms with Crippen molar-refractivity contribution in [3.63, 3.8) is 0 Å². The smallest absolute Gasteiger partial charge is 0.317 e. The third kappa shape index (κ3) is 4.01. The van der Waals surface area contributed by atoms with E-state index in [1.807, 2.05) is 31.2 Å². The van der Waals surface area contributed by atoms with Gasteiger partial charge in [-0.1, -0.05) is 42.0 Å². The molecule has 0 saturated heterocycles. The van der Waals surface area contributed by atoms with Crippen LogP contribution in [0.4, 0.5) is 5.69 Å². The van der Waals surface area contributed by atoms with Crippen molar-refractivity contribution in [2.24, 2.45) is 5.92 Å². The Morgan fingerprint density at radius 2 is 1.93 bits per heavy atom. The van der Waals surface area contributed by atoms with Crippen molar-refractivity contribution < 1.29 is 19.2 Å². The highest BCUT2D eigenvalue weighted by Gasteiger charge is 2.40. The number of hydrogen-bond acceptors (Lipinski definition) is 5. The molecule has 1 aliphatic carbocycles. The summed E-state index contributed by atoms with van der Waals surface area (Å²) in [5, 5.41) is 11.2. The first-order valence-corrected chi connectivity index (χ1v) is 9.13. The zero-order valence-corrected chi connectivity index (χ0v) is 15.8. The summed E-state index contributed by atoms with van der Waals surface area (Å²) in [6.07, 6.45) is 1.92. The molecule has 0 unspecified atom stereocenters.